The van der Waals surface area contributed by atoms with Crippen molar-refractivity contribution in [2.75, 3.05) is 6.26 Å². The van der Waals surface area contributed by atoms with Crippen LogP contribution in [0.25, 0.3) is 22.6 Å². The number of carbonyl (C=O) groups excluding carboxylic acids is 1. The summed E-state index contributed by atoms with van der Waals surface area (Å²) in [6.07, 6.45) is 5.09. The lowest BCUT2D eigenvalue weighted by Crippen LogP contribution is -2.31. The molecule has 4 aromatic rings. The number of imidazole rings is 1. The largest absolute Gasteiger partial charge is 0.344 e. The minimum absolute atomic E-state index is 0.0468. The number of benzene rings is 3. The normalized spacial score (nSPS) is 11.9. The summed E-state index contributed by atoms with van der Waals surface area (Å²) in [6.45, 7) is 4.89. The fourth-order valence-electron chi connectivity index (χ4n) is 4.41. The summed E-state index contributed by atoms with van der Waals surface area (Å²) in [5.41, 5.74) is 4.42. The van der Waals surface area contributed by atoms with Crippen molar-refractivity contribution in [2.24, 2.45) is 0 Å². The molecule has 0 bridgehead atoms. The molecule has 1 heterocycles. The molecule has 0 spiro atoms. The first-order chi connectivity index (χ1) is 17.2. The van der Waals surface area contributed by atoms with Crippen LogP contribution < -0.4 is 5.32 Å². The number of thioether (sulfide) groups is 1. The van der Waals surface area contributed by atoms with Gasteiger partial charge in [-0.05, 0) is 37.3 Å². The van der Waals surface area contributed by atoms with Crippen molar-refractivity contribution in [3.63, 3.8) is 0 Å². The summed E-state index contributed by atoms with van der Waals surface area (Å²) in [7, 11) is 0. The van der Waals surface area contributed by atoms with Crippen molar-refractivity contribution in [3.05, 3.63) is 96.2 Å². The molecule has 1 atom stereocenters. The lowest BCUT2D eigenvalue weighted by molar-refractivity contribution is 0.0925. The van der Waals surface area contributed by atoms with Crippen LogP contribution in [0.1, 0.15) is 55.2 Å². The Balaban J connectivity index is 1.82. The third-order valence-corrected chi connectivity index (χ3v) is 6.95. The van der Waals surface area contributed by atoms with Crippen LogP contribution in [-0.4, -0.2) is 21.7 Å². The number of unbranched alkanes of at least 4 members (excludes halogenated alkanes) is 1. The zero-order chi connectivity index (χ0) is 24.6. The van der Waals surface area contributed by atoms with Crippen LogP contribution in [-0.2, 0) is 6.54 Å². The van der Waals surface area contributed by atoms with E-state index in [0.29, 0.717) is 12.2 Å². The van der Waals surface area contributed by atoms with E-state index in [-0.39, 0.29) is 11.9 Å². The van der Waals surface area contributed by atoms with Gasteiger partial charge >= 0.3 is 0 Å². The van der Waals surface area contributed by atoms with E-state index in [1.54, 1.807) is 11.8 Å². The number of aromatic nitrogens is 2. The average Bonchev–Trinajstić information content (AvgIpc) is 3.32. The minimum atomic E-state index is -0.0870. The van der Waals surface area contributed by atoms with Gasteiger partial charge in [-0.25, -0.2) is 4.98 Å². The first-order valence-electron chi connectivity index (χ1n) is 12.3. The topological polar surface area (TPSA) is 46.9 Å². The molecule has 0 saturated heterocycles. The average molecular weight is 484 g/mol. The Morgan fingerprint density at radius 3 is 2.29 bits per heavy atom. The molecule has 0 fully saturated rings. The second-order valence-corrected chi connectivity index (χ2v) is 9.43. The van der Waals surface area contributed by atoms with Crippen molar-refractivity contribution >= 4 is 17.7 Å². The smallest absolute Gasteiger partial charge is 0.270 e. The highest BCUT2D eigenvalue weighted by atomic mass is 32.2. The Hall–Kier alpha value is -3.31. The van der Waals surface area contributed by atoms with Crippen molar-refractivity contribution in [2.45, 2.75) is 50.6 Å². The number of hydrogen-bond acceptors (Lipinski definition) is 3. The summed E-state index contributed by atoms with van der Waals surface area (Å²) in [4.78, 5) is 20.2. The van der Waals surface area contributed by atoms with Crippen molar-refractivity contribution in [3.8, 4) is 22.6 Å². The van der Waals surface area contributed by atoms with Gasteiger partial charge in [0.25, 0.3) is 5.91 Å². The molecule has 1 amide bonds. The van der Waals surface area contributed by atoms with Gasteiger partial charge in [-0.1, -0.05) is 92.6 Å². The van der Waals surface area contributed by atoms with Gasteiger partial charge in [-0.15, -0.1) is 11.8 Å². The van der Waals surface area contributed by atoms with Crippen LogP contribution in [0.4, 0.5) is 0 Å². The van der Waals surface area contributed by atoms with Gasteiger partial charge in [0.2, 0.25) is 0 Å². The van der Waals surface area contributed by atoms with Gasteiger partial charge in [0, 0.05) is 22.6 Å². The van der Waals surface area contributed by atoms with Gasteiger partial charge < -0.3 is 9.88 Å². The van der Waals surface area contributed by atoms with Gasteiger partial charge in [0.1, 0.15) is 17.2 Å². The highest BCUT2D eigenvalue weighted by Gasteiger charge is 2.26. The van der Waals surface area contributed by atoms with E-state index in [9.17, 15) is 4.79 Å². The molecule has 0 aliphatic carbocycles. The van der Waals surface area contributed by atoms with E-state index < -0.39 is 0 Å². The molecule has 4 rings (SSSR count). The van der Waals surface area contributed by atoms with Crippen LogP contribution in [0.2, 0.25) is 0 Å². The molecule has 1 unspecified atom stereocenters. The molecule has 3 aromatic carbocycles. The SMILES string of the molecule is CCCCC(NC(=O)c1c(-c2cccc(SC)c2)nc(-c2ccccc2)n1CC)c1ccccc1. The number of carbonyl (C=O) groups is 1. The predicted octanol–water partition coefficient (Wildman–Crippen LogP) is 7.62. The number of nitrogens with one attached hydrogen (secondary N) is 1. The van der Waals surface area contributed by atoms with Crippen LogP contribution in [0.3, 0.4) is 0 Å². The highest BCUT2D eigenvalue weighted by Crippen LogP contribution is 2.32. The third-order valence-electron chi connectivity index (χ3n) is 6.23. The predicted molar refractivity (Wildman–Crippen MR) is 147 cm³/mol. The molecular weight excluding hydrogens is 450 g/mol. The van der Waals surface area contributed by atoms with Crippen LogP contribution in [0.15, 0.2) is 89.8 Å². The Bertz CT molecular complexity index is 1250. The van der Waals surface area contributed by atoms with Gasteiger partial charge in [0.05, 0.1) is 6.04 Å². The lowest BCUT2D eigenvalue weighted by Gasteiger charge is -2.20. The van der Waals surface area contributed by atoms with Crippen LogP contribution in [0.5, 0.6) is 0 Å². The first-order valence-corrected chi connectivity index (χ1v) is 13.5. The summed E-state index contributed by atoms with van der Waals surface area (Å²) < 4.78 is 2.05. The zero-order valence-electron chi connectivity index (χ0n) is 20.7. The lowest BCUT2D eigenvalue weighted by atomic mass is 10.0. The van der Waals surface area contributed by atoms with Crippen molar-refractivity contribution in [1.82, 2.24) is 14.9 Å². The summed E-state index contributed by atoms with van der Waals surface area (Å²) >= 11 is 1.69. The number of rotatable bonds is 10. The molecule has 4 nitrogen and oxygen atoms in total. The molecule has 1 aromatic heterocycles. The molecule has 0 saturated carbocycles. The maximum Gasteiger partial charge on any atom is 0.270 e. The van der Waals surface area contributed by atoms with Gasteiger partial charge in [-0.2, -0.15) is 0 Å². The van der Waals surface area contributed by atoms with E-state index in [0.717, 1.165) is 52.4 Å². The second-order valence-electron chi connectivity index (χ2n) is 8.55. The molecule has 1 N–H and O–H groups in total. The minimum Gasteiger partial charge on any atom is -0.344 e. The summed E-state index contributed by atoms with van der Waals surface area (Å²) in [6, 6.07) is 28.6. The Morgan fingerprint density at radius 2 is 1.63 bits per heavy atom. The van der Waals surface area contributed by atoms with E-state index in [4.69, 9.17) is 4.98 Å². The van der Waals surface area contributed by atoms with E-state index >= 15 is 0 Å². The maximum atomic E-state index is 14.0. The van der Waals surface area contributed by atoms with E-state index in [1.165, 1.54) is 0 Å². The van der Waals surface area contributed by atoms with Gasteiger partial charge in [-0.3, -0.25) is 4.79 Å². The van der Waals surface area contributed by atoms with Crippen molar-refractivity contribution in [1.29, 1.82) is 0 Å². The maximum absolute atomic E-state index is 14.0. The monoisotopic (exact) mass is 483 g/mol. The zero-order valence-corrected chi connectivity index (χ0v) is 21.5. The third kappa shape index (κ3) is 5.68. The first kappa shape index (κ1) is 24.8. The van der Waals surface area contributed by atoms with Crippen LogP contribution in [0, 0.1) is 0 Å². The Kier molecular flexibility index (Phi) is 8.43. The molecule has 35 heavy (non-hydrogen) atoms. The van der Waals surface area contributed by atoms with Crippen LogP contribution >= 0.6 is 11.8 Å². The fraction of sp³-hybridized carbons (Fsp3) is 0.267. The summed E-state index contributed by atoms with van der Waals surface area (Å²) in [5, 5.41) is 3.36. The molecule has 0 aliphatic heterocycles. The fourth-order valence-corrected chi connectivity index (χ4v) is 4.87. The second kappa shape index (κ2) is 11.9. The molecule has 180 valence electrons. The van der Waals surface area contributed by atoms with E-state index in [2.05, 4.69) is 49.7 Å². The summed E-state index contributed by atoms with van der Waals surface area (Å²) in [5.74, 6) is 0.726. The van der Waals surface area contributed by atoms with Gasteiger partial charge in [0.15, 0.2) is 0 Å². The molecular formula is C30H33N3OS. The quantitative estimate of drug-likeness (QED) is 0.236. The molecule has 0 aliphatic rings. The highest BCUT2D eigenvalue weighted by molar-refractivity contribution is 7.98. The molecule has 5 heteroatoms. The Morgan fingerprint density at radius 1 is 0.943 bits per heavy atom. The number of nitrogens with zero attached hydrogens (tertiary/aromatic N) is 2. The standard InChI is InChI=1S/C30H33N3OS/c1-4-6-20-26(22-14-9-7-10-15-22)31-30(34)28-27(24-18-13-19-25(21-24)35-3)32-29(33(28)5-2)23-16-11-8-12-17-23/h7-19,21,26H,4-6,20H2,1-3H3,(H,31,34). The number of amides is 1. The number of hydrogen-bond donors (Lipinski definition) is 1. The Labute approximate surface area is 212 Å². The van der Waals surface area contributed by atoms with Crippen molar-refractivity contribution < 1.29 is 4.79 Å². The molecule has 0 radical (unpaired) electrons. The van der Waals surface area contributed by atoms with E-state index in [1.807, 2.05) is 65.2 Å².